The summed E-state index contributed by atoms with van der Waals surface area (Å²) < 4.78 is 26.8. The van der Waals surface area contributed by atoms with Gasteiger partial charge in [0.25, 0.3) is 5.91 Å². The van der Waals surface area contributed by atoms with Gasteiger partial charge in [-0.05, 0) is 12.1 Å². The first-order valence-corrected chi connectivity index (χ1v) is 7.84. The Balaban J connectivity index is 0.00000361. The molecule has 0 unspecified atom stereocenters. The van der Waals surface area contributed by atoms with E-state index in [0.29, 0.717) is 17.8 Å². The van der Waals surface area contributed by atoms with Crippen molar-refractivity contribution in [1.82, 2.24) is 5.32 Å². The lowest BCUT2D eigenvalue weighted by Gasteiger charge is -2.07. The quantitative estimate of drug-likeness (QED) is 0.562. The van der Waals surface area contributed by atoms with E-state index in [4.69, 9.17) is 10.5 Å². The summed E-state index contributed by atoms with van der Waals surface area (Å²) >= 11 is 0. The predicted molar refractivity (Wildman–Crippen MR) is 81.0 cm³/mol. The van der Waals surface area contributed by atoms with E-state index in [1.807, 2.05) is 0 Å². The molecule has 6 nitrogen and oxygen atoms in total. The average molecular weight is 323 g/mol. The highest BCUT2D eigenvalue weighted by Gasteiger charge is 2.07. The van der Waals surface area contributed by atoms with Crippen molar-refractivity contribution in [3.63, 3.8) is 0 Å². The molecule has 1 aromatic carbocycles. The Kier molecular flexibility index (Phi) is 8.21. The van der Waals surface area contributed by atoms with Crippen LogP contribution in [-0.4, -0.2) is 46.1 Å². The number of anilines is 1. The molecule has 0 spiro atoms. The van der Waals surface area contributed by atoms with Crippen LogP contribution in [0.3, 0.4) is 0 Å². The lowest BCUT2D eigenvalue weighted by atomic mass is 10.2. The fourth-order valence-electron chi connectivity index (χ4n) is 1.35. The molecule has 1 rings (SSSR count). The Hall–Kier alpha value is -1.31. The predicted octanol–water partition coefficient (Wildman–Crippen LogP) is 0.482. The van der Waals surface area contributed by atoms with Crippen molar-refractivity contribution in [3.05, 3.63) is 29.8 Å². The van der Waals surface area contributed by atoms with Gasteiger partial charge in [0.2, 0.25) is 0 Å². The van der Waals surface area contributed by atoms with Crippen molar-refractivity contribution in [3.8, 4) is 0 Å². The van der Waals surface area contributed by atoms with Crippen LogP contribution in [0.2, 0.25) is 0 Å². The highest BCUT2D eigenvalue weighted by Crippen LogP contribution is 2.09. The molecule has 3 N–H and O–H groups in total. The van der Waals surface area contributed by atoms with Crippen LogP contribution in [0.15, 0.2) is 24.3 Å². The standard InChI is InChI=1S/C12H18N2O4S.ClH/c1-19(16,17)9-8-18-7-6-14-12(15)10-4-2-3-5-11(10)13;/h2-5H,6-9,13H2,1H3,(H,14,15);1H. The number of hydrogen-bond acceptors (Lipinski definition) is 5. The maximum Gasteiger partial charge on any atom is 0.253 e. The molecular weight excluding hydrogens is 304 g/mol. The van der Waals surface area contributed by atoms with Gasteiger partial charge in [-0.2, -0.15) is 0 Å². The number of nitrogen functional groups attached to an aromatic ring is 1. The van der Waals surface area contributed by atoms with Gasteiger partial charge in [-0.1, -0.05) is 12.1 Å². The van der Waals surface area contributed by atoms with Crippen LogP contribution in [0, 0.1) is 0 Å². The normalized spacial score (nSPS) is 10.7. The second kappa shape index (κ2) is 8.78. The number of rotatable bonds is 7. The summed E-state index contributed by atoms with van der Waals surface area (Å²) in [5.41, 5.74) is 6.49. The number of nitrogens with one attached hydrogen (secondary N) is 1. The molecule has 0 aliphatic rings. The van der Waals surface area contributed by atoms with Crippen LogP contribution in [0.25, 0.3) is 0 Å². The van der Waals surface area contributed by atoms with Crippen molar-refractivity contribution in [1.29, 1.82) is 0 Å². The Labute approximate surface area is 125 Å². The summed E-state index contributed by atoms with van der Waals surface area (Å²) in [6, 6.07) is 6.76. The van der Waals surface area contributed by atoms with Crippen LogP contribution >= 0.6 is 12.4 Å². The average Bonchev–Trinajstić information content (AvgIpc) is 2.32. The van der Waals surface area contributed by atoms with Crippen LogP contribution < -0.4 is 11.1 Å². The van der Waals surface area contributed by atoms with Crippen molar-refractivity contribution in [2.45, 2.75) is 0 Å². The number of amides is 1. The number of ether oxygens (including phenoxy) is 1. The smallest absolute Gasteiger partial charge is 0.253 e. The Bertz CT molecular complexity index is 534. The summed E-state index contributed by atoms with van der Waals surface area (Å²) in [4.78, 5) is 11.7. The summed E-state index contributed by atoms with van der Waals surface area (Å²) in [7, 11) is -3.01. The molecule has 1 aromatic rings. The Morgan fingerprint density at radius 3 is 2.55 bits per heavy atom. The molecule has 0 aliphatic heterocycles. The van der Waals surface area contributed by atoms with E-state index in [1.165, 1.54) is 0 Å². The lowest BCUT2D eigenvalue weighted by molar-refractivity contribution is 0.0924. The lowest BCUT2D eigenvalue weighted by Crippen LogP contribution is -2.28. The largest absolute Gasteiger partial charge is 0.398 e. The Morgan fingerprint density at radius 2 is 1.95 bits per heavy atom. The van der Waals surface area contributed by atoms with E-state index in [2.05, 4.69) is 5.32 Å². The number of para-hydroxylation sites is 1. The van der Waals surface area contributed by atoms with Crippen molar-refractivity contribution >= 4 is 33.8 Å². The first kappa shape index (κ1) is 18.7. The van der Waals surface area contributed by atoms with E-state index in [1.54, 1.807) is 24.3 Å². The van der Waals surface area contributed by atoms with Gasteiger partial charge in [0.05, 0.1) is 24.5 Å². The third-order valence-electron chi connectivity index (χ3n) is 2.34. The van der Waals surface area contributed by atoms with E-state index in [9.17, 15) is 13.2 Å². The Morgan fingerprint density at radius 1 is 1.30 bits per heavy atom. The van der Waals surface area contributed by atoms with Gasteiger partial charge < -0.3 is 15.8 Å². The third kappa shape index (κ3) is 7.32. The van der Waals surface area contributed by atoms with Crippen molar-refractivity contribution in [2.75, 3.05) is 37.5 Å². The molecule has 0 fully saturated rings. The van der Waals surface area contributed by atoms with E-state index in [0.717, 1.165) is 6.26 Å². The zero-order valence-corrected chi connectivity index (χ0v) is 12.8. The summed E-state index contributed by atoms with van der Waals surface area (Å²) in [6.45, 7) is 0.688. The van der Waals surface area contributed by atoms with E-state index in [-0.39, 0.29) is 37.3 Å². The molecule has 0 saturated carbocycles. The van der Waals surface area contributed by atoms with Gasteiger partial charge in [-0.3, -0.25) is 4.79 Å². The molecule has 1 amide bonds. The molecule has 0 bridgehead atoms. The minimum absolute atomic E-state index is 0. The van der Waals surface area contributed by atoms with Gasteiger partial charge in [-0.15, -0.1) is 12.4 Å². The molecule has 8 heteroatoms. The first-order valence-electron chi connectivity index (χ1n) is 5.78. The van der Waals surface area contributed by atoms with Crippen LogP contribution in [-0.2, 0) is 14.6 Å². The zero-order valence-electron chi connectivity index (χ0n) is 11.2. The van der Waals surface area contributed by atoms with Crippen LogP contribution in [0.5, 0.6) is 0 Å². The summed E-state index contributed by atoms with van der Waals surface area (Å²) in [5.74, 6) is -0.295. The number of carbonyl (C=O) groups is 1. The molecule has 0 radical (unpaired) electrons. The fraction of sp³-hybridized carbons (Fsp3) is 0.417. The van der Waals surface area contributed by atoms with Crippen LogP contribution in [0.4, 0.5) is 5.69 Å². The number of benzene rings is 1. The number of hydrogen-bond donors (Lipinski definition) is 2. The summed E-state index contributed by atoms with van der Waals surface area (Å²) in [5, 5.41) is 2.64. The third-order valence-corrected chi connectivity index (χ3v) is 3.24. The molecular formula is C12H19ClN2O4S. The number of carbonyl (C=O) groups excluding carboxylic acids is 1. The maximum absolute atomic E-state index is 11.7. The van der Waals surface area contributed by atoms with E-state index >= 15 is 0 Å². The highest BCUT2D eigenvalue weighted by atomic mass is 35.5. The van der Waals surface area contributed by atoms with Crippen molar-refractivity contribution < 1.29 is 17.9 Å². The number of nitrogens with two attached hydrogens (primary N) is 1. The van der Waals surface area contributed by atoms with Gasteiger partial charge >= 0.3 is 0 Å². The molecule has 0 atom stereocenters. The van der Waals surface area contributed by atoms with E-state index < -0.39 is 9.84 Å². The molecule has 20 heavy (non-hydrogen) atoms. The van der Waals surface area contributed by atoms with Gasteiger partial charge in [0.15, 0.2) is 0 Å². The maximum atomic E-state index is 11.7. The number of sulfone groups is 1. The van der Waals surface area contributed by atoms with Gasteiger partial charge in [0, 0.05) is 18.5 Å². The van der Waals surface area contributed by atoms with Crippen LogP contribution in [0.1, 0.15) is 10.4 Å². The summed E-state index contributed by atoms with van der Waals surface area (Å²) in [6.07, 6.45) is 1.15. The van der Waals surface area contributed by atoms with Crippen molar-refractivity contribution in [2.24, 2.45) is 0 Å². The SMILES string of the molecule is CS(=O)(=O)CCOCCNC(=O)c1ccccc1N.Cl. The first-order chi connectivity index (χ1) is 8.90. The minimum atomic E-state index is -3.01. The van der Waals surface area contributed by atoms with Gasteiger partial charge in [-0.25, -0.2) is 8.42 Å². The second-order valence-corrected chi connectivity index (χ2v) is 6.35. The second-order valence-electron chi connectivity index (χ2n) is 4.09. The molecule has 0 aliphatic carbocycles. The molecule has 114 valence electrons. The fourth-order valence-corrected chi connectivity index (χ4v) is 1.77. The molecule has 0 aromatic heterocycles. The zero-order chi connectivity index (χ0) is 14.3. The molecule has 0 heterocycles. The highest BCUT2D eigenvalue weighted by molar-refractivity contribution is 7.90. The minimum Gasteiger partial charge on any atom is -0.398 e. The topological polar surface area (TPSA) is 98.5 Å². The molecule has 0 saturated heterocycles. The monoisotopic (exact) mass is 322 g/mol. The van der Waals surface area contributed by atoms with Gasteiger partial charge in [0.1, 0.15) is 9.84 Å². The number of halogens is 1.